The van der Waals surface area contributed by atoms with Gasteiger partial charge >= 0.3 is 0 Å². The number of thioether (sulfide) groups is 1. The molecule has 0 saturated carbocycles. The lowest BCUT2D eigenvalue weighted by Crippen LogP contribution is -2.04. The molecule has 1 rings (SSSR count). The molecule has 0 fully saturated rings. The molecule has 0 aromatic heterocycles. The Hall–Kier alpha value is -1.16. The van der Waals surface area contributed by atoms with E-state index in [4.69, 9.17) is 9.57 Å². The van der Waals surface area contributed by atoms with Crippen LogP contribution in [-0.4, -0.2) is 31.9 Å². The predicted molar refractivity (Wildman–Crippen MR) is 64.9 cm³/mol. The van der Waals surface area contributed by atoms with E-state index in [9.17, 15) is 0 Å². The SMILES string of the molecule is CO/N=C(/CSC)c1ccc(OC)cc1. The fraction of sp³-hybridized carbons (Fsp3) is 0.364. The molecule has 0 heterocycles. The van der Waals surface area contributed by atoms with Gasteiger partial charge in [-0.2, -0.15) is 11.8 Å². The first-order chi connectivity index (χ1) is 7.31. The van der Waals surface area contributed by atoms with Gasteiger partial charge in [-0.3, -0.25) is 0 Å². The Morgan fingerprint density at radius 1 is 1.27 bits per heavy atom. The maximum atomic E-state index is 5.09. The van der Waals surface area contributed by atoms with Crippen LogP contribution in [0.2, 0.25) is 0 Å². The molecule has 0 aliphatic rings. The molecule has 0 atom stereocenters. The molecule has 0 amide bonds. The van der Waals surface area contributed by atoms with E-state index in [0.717, 1.165) is 22.8 Å². The Kier molecular flexibility index (Phi) is 5.04. The average molecular weight is 225 g/mol. The molecule has 1 aromatic carbocycles. The highest BCUT2D eigenvalue weighted by molar-refractivity contribution is 7.99. The summed E-state index contributed by atoms with van der Waals surface area (Å²) in [6.45, 7) is 0. The second-order valence-corrected chi connectivity index (χ2v) is 3.75. The minimum absolute atomic E-state index is 0.834. The predicted octanol–water partition coefficient (Wildman–Crippen LogP) is 2.41. The monoisotopic (exact) mass is 225 g/mol. The summed E-state index contributed by atoms with van der Waals surface area (Å²) in [4.78, 5) is 4.81. The summed E-state index contributed by atoms with van der Waals surface area (Å²) < 4.78 is 5.09. The van der Waals surface area contributed by atoms with E-state index < -0.39 is 0 Å². The molecule has 0 aliphatic heterocycles. The van der Waals surface area contributed by atoms with Crippen LogP contribution in [0.15, 0.2) is 29.4 Å². The highest BCUT2D eigenvalue weighted by atomic mass is 32.2. The number of hydrogen-bond donors (Lipinski definition) is 0. The summed E-state index contributed by atoms with van der Waals surface area (Å²) in [6.07, 6.45) is 2.04. The van der Waals surface area contributed by atoms with Gasteiger partial charge in [0.1, 0.15) is 12.9 Å². The van der Waals surface area contributed by atoms with Gasteiger partial charge in [0.2, 0.25) is 0 Å². The van der Waals surface area contributed by atoms with Gasteiger partial charge in [-0.25, -0.2) is 0 Å². The lowest BCUT2D eigenvalue weighted by molar-refractivity contribution is 0.213. The number of benzene rings is 1. The third kappa shape index (κ3) is 3.47. The molecular formula is C11H15NO2S. The zero-order valence-electron chi connectivity index (χ0n) is 9.19. The van der Waals surface area contributed by atoms with Gasteiger partial charge in [-0.05, 0) is 30.5 Å². The number of nitrogens with zero attached hydrogens (tertiary/aromatic N) is 1. The fourth-order valence-corrected chi connectivity index (χ4v) is 1.69. The summed E-state index contributed by atoms with van der Waals surface area (Å²) in [5, 5.41) is 3.99. The number of ether oxygens (including phenoxy) is 1. The Bertz CT molecular complexity index is 322. The van der Waals surface area contributed by atoms with Crippen LogP contribution in [-0.2, 0) is 4.84 Å². The molecule has 0 spiro atoms. The van der Waals surface area contributed by atoms with E-state index >= 15 is 0 Å². The van der Waals surface area contributed by atoms with Gasteiger partial charge < -0.3 is 9.57 Å². The van der Waals surface area contributed by atoms with Gasteiger partial charge in [-0.1, -0.05) is 5.16 Å². The number of rotatable bonds is 5. The number of oxime groups is 1. The standard InChI is InChI=1S/C11H15NO2S/c1-13-10-6-4-9(5-7-10)11(8-15-3)12-14-2/h4-7H,8H2,1-3H3/b12-11-. The maximum Gasteiger partial charge on any atom is 0.118 e. The fourth-order valence-electron chi connectivity index (χ4n) is 1.19. The summed E-state index contributed by atoms with van der Waals surface area (Å²) >= 11 is 1.71. The first-order valence-corrected chi connectivity index (χ1v) is 5.94. The van der Waals surface area contributed by atoms with Gasteiger partial charge in [0, 0.05) is 11.3 Å². The van der Waals surface area contributed by atoms with Gasteiger partial charge in [0.05, 0.1) is 12.8 Å². The quantitative estimate of drug-likeness (QED) is 0.569. The van der Waals surface area contributed by atoms with Crippen molar-refractivity contribution in [2.24, 2.45) is 5.16 Å². The molecule has 4 heteroatoms. The van der Waals surface area contributed by atoms with Crippen molar-refractivity contribution >= 4 is 17.5 Å². The van der Waals surface area contributed by atoms with Crippen molar-refractivity contribution in [3.63, 3.8) is 0 Å². The summed E-state index contributed by atoms with van der Waals surface area (Å²) in [5.41, 5.74) is 2.00. The number of hydrogen-bond acceptors (Lipinski definition) is 4. The van der Waals surface area contributed by atoms with Crippen LogP contribution >= 0.6 is 11.8 Å². The van der Waals surface area contributed by atoms with E-state index in [2.05, 4.69) is 5.16 Å². The van der Waals surface area contributed by atoms with Crippen molar-refractivity contribution in [3.8, 4) is 5.75 Å². The zero-order chi connectivity index (χ0) is 11.1. The third-order valence-electron chi connectivity index (χ3n) is 1.91. The van der Waals surface area contributed by atoms with Crippen molar-refractivity contribution < 1.29 is 9.57 Å². The number of methoxy groups -OCH3 is 1. The molecular weight excluding hydrogens is 210 g/mol. The Morgan fingerprint density at radius 2 is 1.93 bits per heavy atom. The zero-order valence-corrected chi connectivity index (χ0v) is 10.0. The molecule has 82 valence electrons. The van der Waals surface area contributed by atoms with Crippen molar-refractivity contribution in [1.82, 2.24) is 0 Å². The molecule has 1 aromatic rings. The molecule has 0 radical (unpaired) electrons. The van der Waals surface area contributed by atoms with Crippen LogP contribution in [0.4, 0.5) is 0 Å². The van der Waals surface area contributed by atoms with E-state index in [1.807, 2.05) is 30.5 Å². The van der Waals surface area contributed by atoms with Crippen LogP contribution < -0.4 is 4.74 Å². The van der Waals surface area contributed by atoms with Gasteiger partial charge in [-0.15, -0.1) is 0 Å². The summed E-state index contributed by atoms with van der Waals surface area (Å²) in [7, 11) is 3.21. The van der Waals surface area contributed by atoms with E-state index in [0.29, 0.717) is 0 Å². The van der Waals surface area contributed by atoms with E-state index in [1.165, 1.54) is 0 Å². The Labute approximate surface area is 94.5 Å². The minimum Gasteiger partial charge on any atom is -0.497 e. The lowest BCUT2D eigenvalue weighted by Gasteiger charge is -2.05. The second-order valence-electron chi connectivity index (χ2n) is 2.88. The van der Waals surface area contributed by atoms with E-state index in [1.54, 1.807) is 26.0 Å². The third-order valence-corrected chi connectivity index (χ3v) is 2.47. The van der Waals surface area contributed by atoms with Crippen molar-refractivity contribution in [1.29, 1.82) is 0 Å². The first-order valence-electron chi connectivity index (χ1n) is 4.55. The van der Waals surface area contributed by atoms with Gasteiger partial charge in [0.15, 0.2) is 0 Å². The molecule has 0 bridgehead atoms. The molecule has 15 heavy (non-hydrogen) atoms. The van der Waals surface area contributed by atoms with Crippen LogP contribution in [0, 0.1) is 0 Å². The summed E-state index contributed by atoms with van der Waals surface area (Å²) in [6, 6.07) is 7.79. The average Bonchev–Trinajstić information content (AvgIpc) is 2.29. The van der Waals surface area contributed by atoms with Crippen LogP contribution in [0.25, 0.3) is 0 Å². The van der Waals surface area contributed by atoms with E-state index in [-0.39, 0.29) is 0 Å². The molecule has 0 saturated heterocycles. The highest BCUT2D eigenvalue weighted by Gasteiger charge is 2.03. The maximum absolute atomic E-state index is 5.09. The molecule has 0 N–H and O–H groups in total. The second kappa shape index (κ2) is 6.35. The minimum atomic E-state index is 0.834. The lowest BCUT2D eigenvalue weighted by atomic mass is 10.1. The van der Waals surface area contributed by atoms with Gasteiger partial charge in [0.25, 0.3) is 0 Å². The van der Waals surface area contributed by atoms with Crippen molar-refractivity contribution in [2.45, 2.75) is 0 Å². The topological polar surface area (TPSA) is 30.8 Å². The van der Waals surface area contributed by atoms with Crippen LogP contribution in [0.1, 0.15) is 5.56 Å². The molecule has 0 unspecified atom stereocenters. The first kappa shape index (κ1) is 11.9. The Morgan fingerprint density at radius 3 is 2.40 bits per heavy atom. The van der Waals surface area contributed by atoms with Crippen molar-refractivity contribution in [3.05, 3.63) is 29.8 Å². The molecule has 0 aliphatic carbocycles. The normalized spacial score (nSPS) is 11.3. The Balaban J connectivity index is 2.86. The van der Waals surface area contributed by atoms with Crippen LogP contribution in [0.5, 0.6) is 5.75 Å². The largest absolute Gasteiger partial charge is 0.497 e. The molecule has 3 nitrogen and oxygen atoms in total. The van der Waals surface area contributed by atoms with Crippen LogP contribution in [0.3, 0.4) is 0 Å². The highest BCUT2D eigenvalue weighted by Crippen LogP contribution is 2.13. The summed E-state index contributed by atoms with van der Waals surface area (Å²) in [5.74, 6) is 1.68. The van der Waals surface area contributed by atoms with Crippen molar-refractivity contribution in [2.75, 3.05) is 26.2 Å². The smallest absolute Gasteiger partial charge is 0.118 e.